The van der Waals surface area contributed by atoms with Crippen LogP contribution in [0.3, 0.4) is 0 Å². The van der Waals surface area contributed by atoms with Gasteiger partial charge >= 0.3 is 0 Å². The quantitative estimate of drug-likeness (QED) is 0.304. The lowest BCUT2D eigenvalue weighted by Gasteiger charge is -2.19. The number of aromatic amines is 2. The Morgan fingerprint density at radius 2 is 0.825 bits per heavy atom. The number of fused-ring (bicyclic) bond motifs is 8. The smallest absolute Gasteiger partial charge is 0.160 e. The highest BCUT2D eigenvalue weighted by molar-refractivity contribution is 5.85. The molecule has 210 valence electrons. The molecule has 2 aliphatic rings. The van der Waals surface area contributed by atoms with Gasteiger partial charge in [-0.25, -0.2) is 29.9 Å². The van der Waals surface area contributed by atoms with Gasteiger partial charge in [-0.1, -0.05) is 83.1 Å². The first-order valence-electron chi connectivity index (χ1n) is 14.0. The second kappa shape index (κ2) is 8.91. The molecule has 8 bridgehead atoms. The van der Waals surface area contributed by atoms with Crippen molar-refractivity contribution in [3.05, 3.63) is 46.6 Å². The monoisotopic (exact) mass is 538 g/mol. The fourth-order valence-electron chi connectivity index (χ4n) is 4.94. The topological polar surface area (TPSA) is 109 Å². The summed E-state index contributed by atoms with van der Waals surface area (Å²) in [5, 5.41) is 0. The summed E-state index contributed by atoms with van der Waals surface area (Å²) in [6.07, 6.45) is 4.05. The van der Waals surface area contributed by atoms with Crippen LogP contribution in [0.15, 0.2) is 12.1 Å². The Balaban J connectivity index is 1.96. The van der Waals surface area contributed by atoms with Crippen molar-refractivity contribution in [2.24, 2.45) is 10.8 Å². The minimum absolute atomic E-state index is 0.154. The Hall–Kier alpha value is -3.68. The van der Waals surface area contributed by atoms with Crippen LogP contribution in [0, 0.1) is 10.8 Å². The molecular formula is C32H42N8. The average molecular weight is 539 g/mol. The number of H-pyrrole nitrogens is 2. The van der Waals surface area contributed by atoms with Crippen molar-refractivity contribution < 1.29 is 0 Å². The van der Waals surface area contributed by atoms with E-state index >= 15 is 0 Å². The predicted octanol–water partition coefficient (Wildman–Crippen LogP) is 7.66. The molecule has 0 atom stereocenters. The normalized spacial score (nSPS) is 14.8. The summed E-state index contributed by atoms with van der Waals surface area (Å²) in [5.41, 5.74) is 6.49. The van der Waals surface area contributed by atoms with Crippen molar-refractivity contribution in [3.8, 4) is 0 Å². The summed E-state index contributed by atoms with van der Waals surface area (Å²) < 4.78 is 0. The van der Waals surface area contributed by atoms with Gasteiger partial charge in [-0.15, -0.1) is 0 Å². The van der Waals surface area contributed by atoms with Crippen LogP contribution in [-0.2, 0) is 10.8 Å². The molecule has 5 rings (SSSR count). The highest BCUT2D eigenvalue weighted by Crippen LogP contribution is 2.38. The third-order valence-corrected chi connectivity index (χ3v) is 7.17. The SMILES string of the molecule is CC(C)(C)C1=Cc2nc3nc(nc4[nH]c(cc4C(C)(C)C)nc4cc(C(C)(C)C)c(nc1n2)[nH]4)C(C(C)(C)C)=C3. The van der Waals surface area contributed by atoms with E-state index in [0.717, 1.165) is 44.9 Å². The van der Waals surface area contributed by atoms with Crippen LogP contribution in [0.2, 0.25) is 0 Å². The summed E-state index contributed by atoms with van der Waals surface area (Å²) in [4.78, 5) is 36.7. The first-order chi connectivity index (χ1) is 18.3. The fourth-order valence-corrected chi connectivity index (χ4v) is 4.94. The van der Waals surface area contributed by atoms with E-state index in [9.17, 15) is 0 Å². The Bertz CT molecular complexity index is 1590. The first kappa shape index (κ1) is 27.9. The average Bonchev–Trinajstić information content (AvgIpc) is 3.53. The van der Waals surface area contributed by atoms with Crippen molar-refractivity contribution in [1.29, 1.82) is 0 Å². The zero-order valence-electron chi connectivity index (χ0n) is 26.0. The molecule has 0 amide bonds. The minimum atomic E-state index is -0.176. The molecule has 0 aliphatic carbocycles. The van der Waals surface area contributed by atoms with Crippen LogP contribution in [0.25, 0.3) is 45.9 Å². The third kappa shape index (κ3) is 5.36. The molecule has 3 aromatic heterocycles. The number of aromatic nitrogens is 8. The van der Waals surface area contributed by atoms with Gasteiger partial charge in [0.1, 0.15) is 22.6 Å². The molecule has 2 N–H and O–H groups in total. The fraction of sp³-hybridized carbons (Fsp3) is 0.500. The van der Waals surface area contributed by atoms with Gasteiger partial charge in [0.05, 0.1) is 0 Å². The molecule has 40 heavy (non-hydrogen) atoms. The summed E-state index contributed by atoms with van der Waals surface area (Å²) in [6.45, 7) is 26.1. The van der Waals surface area contributed by atoms with Gasteiger partial charge in [0.15, 0.2) is 23.3 Å². The molecule has 0 unspecified atom stereocenters. The van der Waals surface area contributed by atoms with Crippen molar-refractivity contribution in [2.75, 3.05) is 0 Å². The molecule has 2 aliphatic heterocycles. The molecule has 0 aromatic carbocycles. The standard InChI is InChI=1S/C32H42N8/c1-29(2,3)17-13-21-33-22-15-19(31(7,8)9)27(37-22)40-28-20(32(10,11)12)16-24(38-28)34-23-14-18(30(4,5)6)26(36-23)39-25(17)35-21/h13-16H,1-12H3,(H2,33,34,35,36,37,38,39,40). The molecule has 0 radical (unpaired) electrons. The van der Waals surface area contributed by atoms with Gasteiger partial charge in [0.25, 0.3) is 0 Å². The molecular weight excluding hydrogens is 496 g/mol. The van der Waals surface area contributed by atoms with E-state index in [1.54, 1.807) is 0 Å². The summed E-state index contributed by atoms with van der Waals surface area (Å²) in [7, 11) is 0. The van der Waals surface area contributed by atoms with E-state index in [-0.39, 0.29) is 21.7 Å². The Kier molecular flexibility index (Phi) is 6.21. The van der Waals surface area contributed by atoms with Gasteiger partial charge in [-0.05, 0) is 45.9 Å². The maximum absolute atomic E-state index is 5.08. The van der Waals surface area contributed by atoms with Gasteiger partial charge in [0, 0.05) is 22.3 Å². The molecule has 3 aromatic rings. The third-order valence-electron chi connectivity index (χ3n) is 7.17. The highest BCUT2D eigenvalue weighted by Gasteiger charge is 2.29. The van der Waals surface area contributed by atoms with Gasteiger partial charge in [-0.3, -0.25) is 0 Å². The molecule has 0 fully saturated rings. The Morgan fingerprint density at radius 1 is 0.450 bits per heavy atom. The van der Waals surface area contributed by atoms with Crippen LogP contribution < -0.4 is 0 Å². The maximum atomic E-state index is 5.08. The second-order valence-corrected chi connectivity index (χ2v) is 15.0. The number of allylic oxidation sites excluding steroid dienone is 2. The first-order valence-corrected chi connectivity index (χ1v) is 14.0. The number of nitrogens with one attached hydrogen (secondary N) is 2. The van der Waals surface area contributed by atoms with Crippen molar-refractivity contribution in [2.45, 2.75) is 93.9 Å². The van der Waals surface area contributed by atoms with Crippen LogP contribution in [0.1, 0.15) is 118 Å². The van der Waals surface area contributed by atoms with E-state index in [1.165, 1.54) is 0 Å². The molecule has 0 spiro atoms. The molecule has 5 heterocycles. The molecule has 0 saturated carbocycles. The van der Waals surface area contributed by atoms with E-state index < -0.39 is 0 Å². The highest BCUT2D eigenvalue weighted by atomic mass is 15.1. The second-order valence-electron chi connectivity index (χ2n) is 15.0. The predicted molar refractivity (Wildman–Crippen MR) is 164 cm³/mol. The van der Waals surface area contributed by atoms with Gasteiger partial charge < -0.3 is 9.97 Å². The maximum Gasteiger partial charge on any atom is 0.160 e. The number of hydrogen-bond acceptors (Lipinski definition) is 6. The van der Waals surface area contributed by atoms with Crippen molar-refractivity contribution in [3.63, 3.8) is 0 Å². The van der Waals surface area contributed by atoms with Crippen molar-refractivity contribution >= 4 is 45.9 Å². The number of rotatable bonds is 0. The molecule has 8 heteroatoms. The van der Waals surface area contributed by atoms with Gasteiger partial charge in [-0.2, -0.15) is 0 Å². The van der Waals surface area contributed by atoms with Gasteiger partial charge in [0.2, 0.25) is 0 Å². The van der Waals surface area contributed by atoms with Crippen LogP contribution in [-0.4, -0.2) is 39.9 Å². The Morgan fingerprint density at radius 3 is 1.15 bits per heavy atom. The minimum Gasteiger partial charge on any atom is -0.325 e. The molecule has 8 nitrogen and oxygen atoms in total. The summed E-state index contributed by atoms with van der Waals surface area (Å²) in [6, 6.07) is 4.16. The lowest BCUT2D eigenvalue weighted by Crippen LogP contribution is -2.11. The van der Waals surface area contributed by atoms with Crippen LogP contribution >= 0.6 is 0 Å². The van der Waals surface area contributed by atoms with E-state index in [0.29, 0.717) is 23.3 Å². The zero-order chi connectivity index (χ0) is 29.4. The van der Waals surface area contributed by atoms with Crippen LogP contribution in [0.5, 0.6) is 0 Å². The van der Waals surface area contributed by atoms with E-state index in [4.69, 9.17) is 29.9 Å². The van der Waals surface area contributed by atoms with E-state index in [2.05, 4.69) is 105 Å². The lowest BCUT2D eigenvalue weighted by atomic mass is 9.86. The number of hydrogen-bond donors (Lipinski definition) is 2. The van der Waals surface area contributed by atoms with Crippen LogP contribution in [0.4, 0.5) is 0 Å². The Labute approximate surface area is 237 Å². The summed E-state index contributed by atoms with van der Waals surface area (Å²) >= 11 is 0. The molecule has 0 saturated heterocycles. The van der Waals surface area contributed by atoms with E-state index in [1.807, 2.05) is 12.2 Å². The van der Waals surface area contributed by atoms with Crippen molar-refractivity contribution in [1.82, 2.24) is 39.9 Å². The number of nitrogens with zero attached hydrogens (tertiary/aromatic N) is 6. The lowest BCUT2D eigenvalue weighted by molar-refractivity contribution is 0.565. The zero-order valence-corrected chi connectivity index (χ0v) is 26.0. The summed E-state index contributed by atoms with van der Waals surface area (Å²) in [5.74, 6) is 2.49. The largest absolute Gasteiger partial charge is 0.325 e.